The summed E-state index contributed by atoms with van der Waals surface area (Å²) in [6.45, 7) is 3.12. The molecule has 2 aromatic rings. The lowest BCUT2D eigenvalue weighted by molar-refractivity contribution is 0.515. The molecule has 0 spiro atoms. The quantitative estimate of drug-likeness (QED) is 0.883. The minimum Gasteiger partial charge on any atom is -0.310 e. The molecule has 0 aliphatic rings. The Bertz CT molecular complexity index is 522. The highest BCUT2D eigenvalue weighted by Gasteiger charge is 2.11. The highest BCUT2D eigenvalue weighted by Crippen LogP contribution is 2.22. The summed E-state index contributed by atoms with van der Waals surface area (Å²) in [5, 5.41) is 7.77. The molecule has 0 aliphatic heterocycles. The molecule has 1 unspecified atom stereocenters. The Hall–Kier alpha value is -1.13. The number of aryl methyl sites for hydroxylation is 2. The summed E-state index contributed by atoms with van der Waals surface area (Å²) in [5.74, 6) is 0. The van der Waals surface area contributed by atoms with Crippen molar-refractivity contribution in [1.29, 1.82) is 0 Å². The zero-order valence-corrected chi connectivity index (χ0v) is 13.0. The third-order valence-electron chi connectivity index (χ3n) is 3.18. The van der Waals surface area contributed by atoms with Crippen LogP contribution in [0.2, 0.25) is 0 Å². The van der Waals surface area contributed by atoms with Gasteiger partial charge < -0.3 is 5.32 Å². The number of hydrogen-bond donors (Lipinski definition) is 1. The second-order valence-electron chi connectivity index (χ2n) is 4.73. The fourth-order valence-electron chi connectivity index (χ4n) is 2.27. The highest BCUT2D eigenvalue weighted by molar-refractivity contribution is 9.10. The molecule has 0 radical (unpaired) electrons. The van der Waals surface area contributed by atoms with Gasteiger partial charge in [0.25, 0.3) is 0 Å². The summed E-state index contributed by atoms with van der Waals surface area (Å²) in [6, 6.07) is 8.92. The third kappa shape index (κ3) is 4.18. The number of rotatable bonds is 6. The van der Waals surface area contributed by atoms with Crippen LogP contribution in [0.1, 0.15) is 30.5 Å². The molecule has 19 heavy (non-hydrogen) atoms. The van der Waals surface area contributed by atoms with E-state index in [1.165, 1.54) is 11.1 Å². The largest absolute Gasteiger partial charge is 0.310 e. The van der Waals surface area contributed by atoms with Crippen LogP contribution in [-0.4, -0.2) is 16.3 Å². The van der Waals surface area contributed by atoms with Gasteiger partial charge in [-0.2, -0.15) is 5.10 Å². The maximum absolute atomic E-state index is 4.22. The molecule has 0 fully saturated rings. The number of aromatic nitrogens is 2. The van der Waals surface area contributed by atoms with E-state index in [1.807, 2.05) is 17.9 Å². The van der Waals surface area contributed by atoms with E-state index in [0.717, 1.165) is 23.9 Å². The summed E-state index contributed by atoms with van der Waals surface area (Å²) in [5.41, 5.74) is 2.63. The molecule has 0 saturated heterocycles. The van der Waals surface area contributed by atoms with Crippen LogP contribution in [0.15, 0.2) is 41.1 Å². The Morgan fingerprint density at radius 2 is 2.26 bits per heavy atom. The van der Waals surface area contributed by atoms with Crippen LogP contribution in [0, 0.1) is 0 Å². The Kier molecular flexibility index (Phi) is 5.16. The molecule has 0 aliphatic carbocycles. The maximum Gasteiger partial charge on any atom is 0.0521 e. The summed E-state index contributed by atoms with van der Waals surface area (Å²) >= 11 is 3.54. The van der Waals surface area contributed by atoms with E-state index in [2.05, 4.69) is 63.7 Å². The molecule has 3 nitrogen and oxygen atoms in total. The molecular formula is C15H20BrN3. The summed E-state index contributed by atoms with van der Waals surface area (Å²) in [6.07, 6.45) is 6.15. The molecule has 0 bridgehead atoms. The molecule has 2 rings (SSSR count). The van der Waals surface area contributed by atoms with Crippen molar-refractivity contribution in [3.63, 3.8) is 0 Å². The molecule has 1 heterocycles. The SMILES string of the molecule is CCNC(CCc1cnn(C)c1)c1cccc(Br)c1. The minimum absolute atomic E-state index is 0.391. The van der Waals surface area contributed by atoms with E-state index < -0.39 is 0 Å². The first-order chi connectivity index (χ1) is 9.19. The zero-order valence-electron chi connectivity index (χ0n) is 11.4. The van der Waals surface area contributed by atoms with Crippen molar-refractivity contribution in [2.24, 2.45) is 7.05 Å². The summed E-state index contributed by atoms with van der Waals surface area (Å²) in [4.78, 5) is 0. The smallest absolute Gasteiger partial charge is 0.0521 e. The van der Waals surface area contributed by atoms with Crippen LogP contribution in [0.3, 0.4) is 0 Å². The van der Waals surface area contributed by atoms with Gasteiger partial charge in [-0.05, 0) is 42.6 Å². The molecule has 102 valence electrons. The fraction of sp³-hybridized carbons (Fsp3) is 0.400. The second-order valence-corrected chi connectivity index (χ2v) is 5.64. The molecule has 1 aromatic carbocycles. The van der Waals surface area contributed by atoms with Crippen LogP contribution in [-0.2, 0) is 13.5 Å². The average molecular weight is 322 g/mol. The standard InChI is InChI=1S/C15H20BrN3/c1-3-17-15(13-5-4-6-14(16)9-13)8-7-12-10-18-19(2)11-12/h4-6,9-11,15,17H,3,7-8H2,1-2H3. The first kappa shape index (κ1) is 14.3. The summed E-state index contributed by atoms with van der Waals surface area (Å²) < 4.78 is 2.99. The van der Waals surface area contributed by atoms with Crippen LogP contribution < -0.4 is 5.32 Å². The third-order valence-corrected chi connectivity index (χ3v) is 3.67. The van der Waals surface area contributed by atoms with E-state index in [0.29, 0.717) is 6.04 Å². The number of nitrogens with zero attached hydrogens (tertiary/aromatic N) is 2. The predicted molar refractivity (Wildman–Crippen MR) is 82.1 cm³/mol. The van der Waals surface area contributed by atoms with Gasteiger partial charge in [0.2, 0.25) is 0 Å². The zero-order chi connectivity index (χ0) is 13.7. The Labute approximate surface area is 123 Å². The van der Waals surface area contributed by atoms with Gasteiger partial charge in [0.15, 0.2) is 0 Å². The van der Waals surface area contributed by atoms with Crippen molar-refractivity contribution < 1.29 is 0 Å². The van der Waals surface area contributed by atoms with Gasteiger partial charge in [0.1, 0.15) is 0 Å². The average Bonchev–Trinajstić information content (AvgIpc) is 2.80. The van der Waals surface area contributed by atoms with Crippen molar-refractivity contribution >= 4 is 15.9 Å². The van der Waals surface area contributed by atoms with Gasteiger partial charge in [-0.25, -0.2) is 0 Å². The van der Waals surface area contributed by atoms with Crippen molar-refractivity contribution in [3.8, 4) is 0 Å². The predicted octanol–water partition coefficient (Wildman–Crippen LogP) is 3.47. The lowest BCUT2D eigenvalue weighted by Crippen LogP contribution is -2.21. The van der Waals surface area contributed by atoms with Gasteiger partial charge in [0, 0.05) is 23.8 Å². The molecule has 0 amide bonds. The Morgan fingerprint density at radius 3 is 2.89 bits per heavy atom. The van der Waals surface area contributed by atoms with Crippen molar-refractivity contribution in [2.45, 2.75) is 25.8 Å². The normalized spacial score (nSPS) is 12.6. The molecule has 1 N–H and O–H groups in total. The van der Waals surface area contributed by atoms with Gasteiger partial charge in [-0.1, -0.05) is 35.0 Å². The van der Waals surface area contributed by atoms with Crippen molar-refractivity contribution in [1.82, 2.24) is 15.1 Å². The molecular weight excluding hydrogens is 302 g/mol. The first-order valence-corrected chi connectivity index (χ1v) is 7.44. The van der Waals surface area contributed by atoms with Gasteiger partial charge in [-0.3, -0.25) is 4.68 Å². The van der Waals surface area contributed by atoms with Gasteiger partial charge in [0.05, 0.1) is 6.20 Å². The lowest BCUT2D eigenvalue weighted by Gasteiger charge is -2.18. The van der Waals surface area contributed by atoms with E-state index in [9.17, 15) is 0 Å². The fourth-order valence-corrected chi connectivity index (χ4v) is 2.69. The van der Waals surface area contributed by atoms with Crippen LogP contribution in [0.25, 0.3) is 0 Å². The van der Waals surface area contributed by atoms with Gasteiger partial charge in [-0.15, -0.1) is 0 Å². The first-order valence-electron chi connectivity index (χ1n) is 6.65. The van der Waals surface area contributed by atoms with E-state index in [-0.39, 0.29) is 0 Å². The van der Waals surface area contributed by atoms with Crippen LogP contribution in [0.5, 0.6) is 0 Å². The lowest BCUT2D eigenvalue weighted by atomic mass is 10.0. The van der Waals surface area contributed by atoms with Crippen LogP contribution >= 0.6 is 15.9 Å². The number of nitrogens with one attached hydrogen (secondary N) is 1. The van der Waals surface area contributed by atoms with Crippen molar-refractivity contribution in [3.05, 3.63) is 52.3 Å². The molecule has 0 saturated carbocycles. The monoisotopic (exact) mass is 321 g/mol. The van der Waals surface area contributed by atoms with E-state index in [4.69, 9.17) is 0 Å². The Balaban J connectivity index is 2.03. The Morgan fingerprint density at radius 1 is 1.42 bits per heavy atom. The van der Waals surface area contributed by atoms with Crippen LogP contribution in [0.4, 0.5) is 0 Å². The number of hydrogen-bond acceptors (Lipinski definition) is 2. The van der Waals surface area contributed by atoms with E-state index in [1.54, 1.807) is 0 Å². The maximum atomic E-state index is 4.22. The van der Waals surface area contributed by atoms with Crippen molar-refractivity contribution in [2.75, 3.05) is 6.54 Å². The van der Waals surface area contributed by atoms with E-state index >= 15 is 0 Å². The second kappa shape index (κ2) is 6.87. The molecule has 4 heteroatoms. The summed E-state index contributed by atoms with van der Waals surface area (Å²) in [7, 11) is 1.96. The highest BCUT2D eigenvalue weighted by atomic mass is 79.9. The topological polar surface area (TPSA) is 29.9 Å². The minimum atomic E-state index is 0.391. The molecule has 1 atom stereocenters. The number of halogens is 1. The number of benzene rings is 1. The van der Waals surface area contributed by atoms with Gasteiger partial charge >= 0.3 is 0 Å². The molecule has 1 aromatic heterocycles.